The second-order valence-corrected chi connectivity index (χ2v) is 7.20. The summed E-state index contributed by atoms with van der Waals surface area (Å²) in [5.74, 6) is -1.61. The predicted molar refractivity (Wildman–Crippen MR) is 66.4 cm³/mol. The van der Waals surface area contributed by atoms with Gasteiger partial charge in [-0.1, -0.05) is 0 Å². The van der Waals surface area contributed by atoms with Crippen LogP contribution < -0.4 is 0 Å². The zero-order valence-electron chi connectivity index (χ0n) is 10.2. The number of carbonyl (C=O) groups excluding carboxylic acids is 1. The van der Waals surface area contributed by atoms with Gasteiger partial charge >= 0.3 is 0 Å². The minimum absolute atomic E-state index is 0.0379. The van der Waals surface area contributed by atoms with Gasteiger partial charge in [0.2, 0.25) is 0 Å². The lowest BCUT2D eigenvalue weighted by atomic mass is 9.98. The van der Waals surface area contributed by atoms with Gasteiger partial charge in [-0.25, -0.2) is 17.2 Å². The molecule has 0 saturated carbocycles. The van der Waals surface area contributed by atoms with Crippen LogP contribution in [0.15, 0.2) is 18.2 Å². The van der Waals surface area contributed by atoms with Gasteiger partial charge in [0.15, 0.2) is 9.84 Å². The van der Waals surface area contributed by atoms with Crippen molar-refractivity contribution in [1.29, 1.82) is 0 Å². The zero-order chi connectivity index (χ0) is 14.0. The third kappa shape index (κ3) is 4.09. The first-order valence-electron chi connectivity index (χ1n) is 6.01. The number of carbonyl (C=O) groups is 1. The monoisotopic (exact) mass is 288 g/mol. The molecule has 1 aliphatic rings. The Balaban J connectivity index is 1.95. The molecule has 1 saturated heterocycles. The normalized spacial score (nSPS) is 21.5. The number of ketones is 1. The molecular weight excluding hydrogens is 274 g/mol. The van der Waals surface area contributed by atoms with Crippen molar-refractivity contribution in [3.63, 3.8) is 0 Å². The number of Topliss-reactive ketones (excluding diaryl/α,β-unsaturated/α-hetero) is 1. The fourth-order valence-corrected chi connectivity index (χ4v) is 4.23. The summed E-state index contributed by atoms with van der Waals surface area (Å²) in [6, 6.07) is 2.98. The average Bonchev–Trinajstić information content (AvgIpc) is 2.55. The quantitative estimate of drug-likeness (QED) is 0.850. The molecule has 0 radical (unpaired) electrons. The fraction of sp³-hybridized carbons (Fsp3) is 0.462. The lowest BCUT2D eigenvalue weighted by Gasteiger charge is -2.06. The maximum absolute atomic E-state index is 13.0. The van der Waals surface area contributed by atoms with Crippen LogP contribution in [0.2, 0.25) is 0 Å². The smallest absolute Gasteiger partial charge is 0.150 e. The molecule has 0 spiro atoms. The minimum atomic E-state index is -3.00. The van der Waals surface area contributed by atoms with E-state index in [1.54, 1.807) is 0 Å². The van der Waals surface area contributed by atoms with Gasteiger partial charge < -0.3 is 0 Å². The van der Waals surface area contributed by atoms with Crippen molar-refractivity contribution in [3.05, 3.63) is 35.4 Å². The van der Waals surface area contributed by atoms with Gasteiger partial charge in [-0.2, -0.15) is 0 Å². The Morgan fingerprint density at radius 2 is 1.84 bits per heavy atom. The largest absolute Gasteiger partial charge is 0.299 e. The van der Waals surface area contributed by atoms with Crippen LogP contribution in [0.5, 0.6) is 0 Å². The van der Waals surface area contributed by atoms with E-state index in [-0.39, 0.29) is 41.6 Å². The highest BCUT2D eigenvalue weighted by molar-refractivity contribution is 7.91. The molecule has 0 aromatic heterocycles. The summed E-state index contributed by atoms with van der Waals surface area (Å²) in [7, 11) is -3.00. The Bertz CT molecular complexity index is 576. The van der Waals surface area contributed by atoms with E-state index in [1.807, 2.05) is 0 Å². The first-order chi connectivity index (χ1) is 8.84. The van der Waals surface area contributed by atoms with Gasteiger partial charge in [-0.15, -0.1) is 0 Å². The van der Waals surface area contributed by atoms with Gasteiger partial charge in [-0.05, 0) is 30.0 Å². The molecule has 1 aromatic carbocycles. The van der Waals surface area contributed by atoms with E-state index >= 15 is 0 Å². The van der Waals surface area contributed by atoms with E-state index in [2.05, 4.69) is 0 Å². The lowest BCUT2D eigenvalue weighted by Crippen LogP contribution is -2.12. The Morgan fingerprint density at radius 1 is 1.21 bits per heavy atom. The second-order valence-electron chi connectivity index (χ2n) is 4.97. The van der Waals surface area contributed by atoms with Crippen molar-refractivity contribution in [3.8, 4) is 0 Å². The molecule has 2 rings (SSSR count). The van der Waals surface area contributed by atoms with Crippen LogP contribution in [0, 0.1) is 17.6 Å². The molecule has 0 N–H and O–H groups in total. The second kappa shape index (κ2) is 5.36. The minimum Gasteiger partial charge on any atom is -0.299 e. The van der Waals surface area contributed by atoms with Crippen molar-refractivity contribution < 1.29 is 22.0 Å². The molecular formula is C13H14F2O3S. The molecule has 6 heteroatoms. The fourth-order valence-electron chi connectivity index (χ4n) is 2.37. The topological polar surface area (TPSA) is 51.2 Å². The summed E-state index contributed by atoms with van der Waals surface area (Å²) >= 11 is 0. The number of benzene rings is 1. The number of sulfone groups is 1. The molecule has 0 bridgehead atoms. The number of halogens is 2. The Morgan fingerprint density at radius 3 is 2.37 bits per heavy atom. The van der Waals surface area contributed by atoms with Crippen LogP contribution in [0.3, 0.4) is 0 Å². The van der Waals surface area contributed by atoms with Crippen LogP contribution in [-0.4, -0.2) is 25.7 Å². The van der Waals surface area contributed by atoms with Crippen molar-refractivity contribution >= 4 is 15.6 Å². The Kier molecular flexibility index (Phi) is 3.99. The molecule has 3 nitrogen and oxygen atoms in total. The van der Waals surface area contributed by atoms with Gasteiger partial charge in [0, 0.05) is 18.9 Å². The van der Waals surface area contributed by atoms with E-state index in [4.69, 9.17) is 0 Å². The van der Waals surface area contributed by atoms with Gasteiger partial charge in [0.05, 0.1) is 11.5 Å². The SMILES string of the molecule is O=C(Cc1cc(F)cc(F)c1)CC1CCS(=O)(=O)C1. The Hall–Kier alpha value is -1.30. The first kappa shape index (κ1) is 14.1. The predicted octanol–water partition coefficient (Wildman–Crippen LogP) is 1.90. The molecule has 0 aliphatic carbocycles. The molecule has 1 unspecified atom stereocenters. The Labute approximate surface area is 110 Å². The van der Waals surface area contributed by atoms with Crippen molar-refractivity contribution in [2.75, 3.05) is 11.5 Å². The van der Waals surface area contributed by atoms with Crippen LogP contribution in [0.4, 0.5) is 8.78 Å². The van der Waals surface area contributed by atoms with E-state index in [0.29, 0.717) is 6.42 Å². The summed E-state index contributed by atoms with van der Waals surface area (Å²) in [5.41, 5.74) is 0.281. The highest BCUT2D eigenvalue weighted by Gasteiger charge is 2.29. The summed E-state index contributed by atoms with van der Waals surface area (Å²) in [4.78, 5) is 11.8. The molecule has 1 fully saturated rings. The third-order valence-corrected chi connectivity index (χ3v) is 5.00. The molecule has 104 valence electrons. The highest BCUT2D eigenvalue weighted by Crippen LogP contribution is 2.22. The van der Waals surface area contributed by atoms with Gasteiger partial charge in [0.1, 0.15) is 17.4 Å². The third-order valence-electron chi connectivity index (χ3n) is 3.17. The highest BCUT2D eigenvalue weighted by atomic mass is 32.2. The summed E-state index contributed by atoms with van der Waals surface area (Å²) in [6.07, 6.45) is 0.578. The molecule has 1 aliphatic heterocycles. The molecule has 1 heterocycles. The molecule has 1 aromatic rings. The van der Waals surface area contributed by atoms with Crippen molar-refractivity contribution in [1.82, 2.24) is 0 Å². The van der Waals surface area contributed by atoms with E-state index in [1.165, 1.54) is 0 Å². The van der Waals surface area contributed by atoms with E-state index in [0.717, 1.165) is 18.2 Å². The maximum atomic E-state index is 13.0. The lowest BCUT2D eigenvalue weighted by molar-refractivity contribution is -0.119. The average molecular weight is 288 g/mol. The molecule has 19 heavy (non-hydrogen) atoms. The molecule has 0 amide bonds. The standard InChI is InChI=1S/C13H14F2O3S/c14-11-3-10(4-12(15)7-11)6-13(16)5-9-1-2-19(17,18)8-9/h3-4,7,9H,1-2,5-6,8H2. The van der Waals surface area contributed by atoms with Crippen LogP contribution >= 0.6 is 0 Å². The number of rotatable bonds is 4. The van der Waals surface area contributed by atoms with Crippen molar-refractivity contribution in [2.45, 2.75) is 19.3 Å². The van der Waals surface area contributed by atoms with Crippen molar-refractivity contribution in [2.24, 2.45) is 5.92 Å². The van der Waals surface area contributed by atoms with E-state index in [9.17, 15) is 22.0 Å². The first-order valence-corrected chi connectivity index (χ1v) is 7.83. The van der Waals surface area contributed by atoms with E-state index < -0.39 is 21.5 Å². The zero-order valence-corrected chi connectivity index (χ0v) is 11.1. The number of hydrogen-bond acceptors (Lipinski definition) is 3. The van der Waals surface area contributed by atoms with Crippen LogP contribution in [-0.2, 0) is 21.1 Å². The summed E-state index contributed by atoms with van der Waals surface area (Å²) in [6.45, 7) is 0. The number of hydrogen-bond donors (Lipinski definition) is 0. The van der Waals surface area contributed by atoms with Crippen LogP contribution in [0.25, 0.3) is 0 Å². The summed E-state index contributed by atoms with van der Waals surface area (Å²) < 4.78 is 48.4. The van der Waals surface area contributed by atoms with Crippen LogP contribution in [0.1, 0.15) is 18.4 Å². The maximum Gasteiger partial charge on any atom is 0.150 e. The molecule has 1 atom stereocenters. The van der Waals surface area contributed by atoms with Gasteiger partial charge in [-0.3, -0.25) is 4.79 Å². The van der Waals surface area contributed by atoms with Gasteiger partial charge in [0.25, 0.3) is 0 Å². The summed E-state index contributed by atoms with van der Waals surface area (Å²) in [5, 5.41) is 0.